The van der Waals surface area contributed by atoms with E-state index in [1.807, 2.05) is 0 Å². The van der Waals surface area contributed by atoms with Gasteiger partial charge in [-0.2, -0.15) is 13.2 Å². The number of nitrogens with one attached hydrogen (secondary N) is 2. The van der Waals surface area contributed by atoms with Crippen molar-refractivity contribution in [1.29, 1.82) is 0 Å². The Bertz CT molecular complexity index is 676. The zero-order valence-electron chi connectivity index (χ0n) is 10.9. The second kappa shape index (κ2) is 6.34. The molecule has 2 rings (SSSR count). The average molecular weight is 356 g/mol. The molecule has 0 fully saturated rings. The third-order valence-electron chi connectivity index (χ3n) is 2.55. The standard InChI is InChI=1S/C11H11F3N2O4S2/c12-11(13,14)21-4-3-15-22(18,19)7-1-2-9-8(5-7)16-10(17)6-20-9/h1-2,5,15H,3-4,6H2,(H,16,17). The quantitative estimate of drug-likeness (QED) is 0.782. The van der Waals surface area contributed by atoms with E-state index in [1.54, 1.807) is 0 Å². The second-order valence-corrected chi connectivity index (χ2v) is 7.11. The number of halogens is 3. The van der Waals surface area contributed by atoms with Crippen LogP contribution in [0, 0.1) is 0 Å². The average Bonchev–Trinajstić information content (AvgIpc) is 2.42. The van der Waals surface area contributed by atoms with Crippen molar-refractivity contribution < 1.29 is 31.1 Å². The van der Waals surface area contributed by atoms with Gasteiger partial charge < -0.3 is 10.1 Å². The first-order chi connectivity index (χ1) is 10.2. The van der Waals surface area contributed by atoms with Gasteiger partial charge in [0.1, 0.15) is 5.75 Å². The molecular formula is C11H11F3N2O4S2. The lowest BCUT2D eigenvalue weighted by Gasteiger charge is -2.18. The van der Waals surface area contributed by atoms with Crippen LogP contribution in [-0.4, -0.2) is 38.7 Å². The third-order valence-corrected chi connectivity index (χ3v) is 4.75. The molecule has 0 spiro atoms. The highest BCUT2D eigenvalue weighted by Crippen LogP contribution is 2.31. The van der Waals surface area contributed by atoms with Crippen LogP contribution in [-0.2, 0) is 14.8 Å². The summed E-state index contributed by atoms with van der Waals surface area (Å²) in [6.07, 6.45) is 0. The second-order valence-electron chi connectivity index (χ2n) is 4.19. The zero-order chi connectivity index (χ0) is 16.4. The molecule has 1 aliphatic rings. The van der Waals surface area contributed by atoms with Crippen molar-refractivity contribution in [2.24, 2.45) is 0 Å². The van der Waals surface area contributed by atoms with Crippen LogP contribution in [0.5, 0.6) is 5.75 Å². The molecule has 0 atom stereocenters. The van der Waals surface area contributed by atoms with Gasteiger partial charge in [-0.1, -0.05) is 0 Å². The summed E-state index contributed by atoms with van der Waals surface area (Å²) >= 11 is -0.311. The van der Waals surface area contributed by atoms with Gasteiger partial charge in [-0.3, -0.25) is 4.79 Å². The van der Waals surface area contributed by atoms with Crippen LogP contribution in [0.15, 0.2) is 23.1 Å². The van der Waals surface area contributed by atoms with E-state index < -0.39 is 27.2 Å². The summed E-state index contributed by atoms with van der Waals surface area (Å²) in [6, 6.07) is 3.80. The number of benzene rings is 1. The van der Waals surface area contributed by atoms with Gasteiger partial charge in [-0.15, -0.1) is 0 Å². The molecule has 1 heterocycles. The number of ether oxygens (including phenoxy) is 1. The lowest BCUT2D eigenvalue weighted by Crippen LogP contribution is -2.28. The Morgan fingerprint density at radius 1 is 1.36 bits per heavy atom. The SMILES string of the molecule is O=C1COc2ccc(S(=O)(=O)NCCSC(F)(F)F)cc2N1. The van der Waals surface area contributed by atoms with Crippen molar-refractivity contribution in [3.63, 3.8) is 0 Å². The van der Waals surface area contributed by atoms with Crippen molar-refractivity contribution in [2.75, 3.05) is 24.2 Å². The van der Waals surface area contributed by atoms with Gasteiger partial charge >= 0.3 is 5.51 Å². The number of rotatable bonds is 5. The number of hydrogen-bond donors (Lipinski definition) is 2. The number of thioether (sulfide) groups is 1. The van der Waals surface area contributed by atoms with Crippen molar-refractivity contribution in [3.05, 3.63) is 18.2 Å². The Kier molecular flexibility index (Phi) is 4.87. The van der Waals surface area contributed by atoms with Gasteiger partial charge in [0.2, 0.25) is 10.0 Å². The lowest BCUT2D eigenvalue weighted by atomic mass is 10.2. The molecule has 1 amide bonds. The molecule has 0 bridgehead atoms. The maximum atomic E-state index is 12.0. The zero-order valence-corrected chi connectivity index (χ0v) is 12.6. The van der Waals surface area contributed by atoms with Crippen molar-refractivity contribution in [3.8, 4) is 5.75 Å². The van der Waals surface area contributed by atoms with Crippen LogP contribution in [0.4, 0.5) is 18.9 Å². The fourth-order valence-corrected chi connectivity index (χ4v) is 3.28. The Labute approximate surface area is 128 Å². The molecule has 0 saturated carbocycles. The molecular weight excluding hydrogens is 345 g/mol. The number of fused-ring (bicyclic) bond motifs is 1. The van der Waals surface area contributed by atoms with Gasteiger partial charge in [0.05, 0.1) is 10.6 Å². The largest absolute Gasteiger partial charge is 0.482 e. The summed E-state index contributed by atoms with van der Waals surface area (Å²) in [4.78, 5) is 11.0. The minimum atomic E-state index is -4.40. The van der Waals surface area contributed by atoms with Gasteiger partial charge in [0.15, 0.2) is 6.61 Å². The molecule has 2 N–H and O–H groups in total. The summed E-state index contributed by atoms with van der Waals surface area (Å²) in [6.45, 7) is -0.529. The number of hydrogen-bond acceptors (Lipinski definition) is 5. The Morgan fingerprint density at radius 2 is 2.09 bits per heavy atom. The van der Waals surface area contributed by atoms with Crippen molar-refractivity contribution >= 4 is 33.4 Å². The smallest absolute Gasteiger partial charge is 0.441 e. The predicted octanol–water partition coefficient (Wildman–Crippen LogP) is 1.55. The summed E-state index contributed by atoms with van der Waals surface area (Å²) in [7, 11) is -3.97. The van der Waals surface area contributed by atoms with Crippen molar-refractivity contribution in [2.45, 2.75) is 10.4 Å². The molecule has 0 unspecified atom stereocenters. The highest BCUT2D eigenvalue weighted by atomic mass is 32.2. The van der Waals surface area contributed by atoms with E-state index in [0.717, 1.165) is 0 Å². The minimum Gasteiger partial charge on any atom is -0.482 e. The highest BCUT2D eigenvalue weighted by Gasteiger charge is 2.28. The van der Waals surface area contributed by atoms with Crippen LogP contribution in [0.25, 0.3) is 0 Å². The van der Waals surface area contributed by atoms with E-state index in [1.165, 1.54) is 18.2 Å². The molecule has 1 aliphatic heterocycles. The van der Waals surface area contributed by atoms with Crippen LogP contribution >= 0.6 is 11.8 Å². The molecule has 0 radical (unpaired) electrons. The number of sulfonamides is 1. The first kappa shape index (κ1) is 16.9. The van der Waals surface area contributed by atoms with Crippen molar-refractivity contribution in [1.82, 2.24) is 4.72 Å². The predicted molar refractivity (Wildman–Crippen MR) is 74.3 cm³/mol. The van der Waals surface area contributed by atoms with E-state index in [4.69, 9.17) is 4.74 Å². The molecule has 0 aliphatic carbocycles. The molecule has 0 aromatic heterocycles. The van der Waals surface area contributed by atoms with Gasteiger partial charge in [-0.05, 0) is 30.0 Å². The fourth-order valence-electron chi connectivity index (χ4n) is 1.66. The molecule has 1 aromatic rings. The maximum Gasteiger partial charge on any atom is 0.441 e. The monoisotopic (exact) mass is 356 g/mol. The van der Waals surface area contributed by atoms with E-state index in [2.05, 4.69) is 10.0 Å². The van der Waals surface area contributed by atoms with E-state index in [9.17, 15) is 26.4 Å². The lowest BCUT2D eigenvalue weighted by molar-refractivity contribution is -0.118. The molecule has 11 heteroatoms. The highest BCUT2D eigenvalue weighted by molar-refractivity contribution is 8.00. The number of carbonyl (C=O) groups is 1. The summed E-state index contributed by atoms with van der Waals surface area (Å²) < 4.78 is 67.0. The van der Waals surface area contributed by atoms with Gasteiger partial charge in [0.25, 0.3) is 5.91 Å². The number of anilines is 1. The third kappa shape index (κ3) is 4.52. The number of alkyl halides is 3. The van der Waals surface area contributed by atoms with E-state index in [-0.39, 0.29) is 35.5 Å². The molecule has 1 aromatic carbocycles. The number of carbonyl (C=O) groups excluding carboxylic acids is 1. The molecule has 122 valence electrons. The minimum absolute atomic E-state index is 0.161. The normalized spacial score (nSPS) is 15.0. The van der Waals surface area contributed by atoms with Crippen LogP contribution in [0.3, 0.4) is 0 Å². The fraction of sp³-hybridized carbons (Fsp3) is 0.364. The maximum absolute atomic E-state index is 12.0. The van der Waals surface area contributed by atoms with Crippen LogP contribution < -0.4 is 14.8 Å². The topological polar surface area (TPSA) is 84.5 Å². The van der Waals surface area contributed by atoms with E-state index in [0.29, 0.717) is 5.75 Å². The summed E-state index contributed by atoms with van der Waals surface area (Å²) in [5.41, 5.74) is -4.21. The molecule has 22 heavy (non-hydrogen) atoms. The van der Waals surface area contributed by atoms with Crippen LogP contribution in [0.1, 0.15) is 0 Å². The van der Waals surface area contributed by atoms with Crippen LogP contribution in [0.2, 0.25) is 0 Å². The van der Waals surface area contributed by atoms with Gasteiger partial charge in [0, 0.05) is 12.3 Å². The molecule has 6 nitrogen and oxygen atoms in total. The van der Waals surface area contributed by atoms with E-state index >= 15 is 0 Å². The van der Waals surface area contributed by atoms with Gasteiger partial charge in [-0.25, -0.2) is 13.1 Å². The summed E-state index contributed by atoms with van der Waals surface area (Å²) in [5.74, 6) is -0.532. The molecule has 0 saturated heterocycles. The summed E-state index contributed by atoms with van der Waals surface area (Å²) in [5, 5.41) is 2.45. The first-order valence-corrected chi connectivity index (χ1v) is 8.41. The Morgan fingerprint density at radius 3 is 2.77 bits per heavy atom. The Hall–Kier alpha value is -1.46. The number of amides is 1. The Balaban J connectivity index is 2.03. The first-order valence-electron chi connectivity index (χ1n) is 5.94.